The van der Waals surface area contributed by atoms with Crippen LogP contribution in [0.15, 0.2) is 0 Å². The van der Waals surface area contributed by atoms with Crippen LogP contribution in [0, 0.1) is 0 Å². The molecule has 0 aromatic rings. The van der Waals surface area contributed by atoms with E-state index in [1.807, 2.05) is 0 Å². The van der Waals surface area contributed by atoms with Crippen LogP contribution in [-0.4, -0.2) is 81.5 Å². The quantitative estimate of drug-likeness (QED) is 0.107. The van der Waals surface area contributed by atoms with Gasteiger partial charge < -0.3 is 37.6 Å². The molecule has 0 rings (SSSR count). The molecule has 13 nitrogen and oxygen atoms in total. The molecule has 9 N–H and O–H groups in total. The first-order valence-electron chi connectivity index (χ1n) is 9.04. The van der Waals surface area contributed by atoms with Crippen molar-refractivity contribution in [2.75, 3.05) is 11.5 Å². The standard InChI is InChI=1S/C16H27N5O8S2/c17-7(1-4-12(23)24)13(25)20-9(5-30)15(27)21-10(6-31)14(26)19-8(16(28)29)2-3-11(18)22/h7-10,30-31H,1-6,17H2,(H2,18,22)(H,19,26)(H,20,25)(H,21,27)(H,23,24)(H,28,29). The van der Waals surface area contributed by atoms with E-state index in [2.05, 4.69) is 41.2 Å². The lowest BCUT2D eigenvalue weighted by molar-refractivity contribution is -0.142. The molecule has 0 saturated heterocycles. The lowest BCUT2D eigenvalue weighted by atomic mass is 10.1. The van der Waals surface area contributed by atoms with Crippen molar-refractivity contribution < 1.29 is 39.0 Å². The van der Waals surface area contributed by atoms with Gasteiger partial charge in [0.1, 0.15) is 18.1 Å². The predicted octanol–water partition coefficient (Wildman–Crippen LogP) is -3.16. The highest BCUT2D eigenvalue weighted by Crippen LogP contribution is 2.01. The molecule has 0 fully saturated rings. The molecule has 0 spiro atoms. The number of hydrogen-bond acceptors (Lipinski definition) is 9. The van der Waals surface area contributed by atoms with Gasteiger partial charge in [-0.15, -0.1) is 0 Å². The Morgan fingerprint density at radius 1 is 0.742 bits per heavy atom. The summed E-state index contributed by atoms with van der Waals surface area (Å²) in [5.74, 6) is -6.10. The number of rotatable bonds is 15. The molecule has 0 radical (unpaired) electrons. The Kier molecular flexibility index (Phi) is 13.3. The van der Waals surface area contributed by atoms with Crippen LogP contribution < -0.4 is 27.4 Å². The number of nitrogens with one attached hydrogen (secondary N) is 3. The summed E-state index contributed by atoms with van der Waals surface area (Å²) >= 11 is 7.92. The predicted molar refractivity (Wildman–Crippen MR) is 114 cm³/mol. The van der Waals surface area contributed by atoms with Gasteiger partial charge in [0.25, 0.3) is 0 Å². The van der Waals surface area contributed by atoms with Crippen molar-refractivity contribution in [1.29, 1.82) is 0 Å². The third kappa shape index (κ3) is 11.4. The Morgan fingerprint density at radius 3 is 1.58 bits per heavy atom. The Labute approximate surface area is 188 Å². The highest BCUT2D eigenvalue weighted by Gasteiger charge is 2.29. The molecule has 4 amide bonds. The summed E-state index contributed by atoms with van der Waals surface area (Å²) in [6, 6.07) is -5.04. The number of primary amides is 1. The maximum absolute atomic E-state index is 12.4. The summed E-state index contributed by atoms with van der Waals surface area (Å²) in [4.78, 5) is 69.4. The molecule has 0 heterocycles. The number of carbonyl (C=O) groups excluding carboxylic acids is 4. The first-order chi connectivity index (χ1) is 14.4. The van der Waals surface area contributed by atoms with Crippen molar-refractivity contribution in [1.82, 2.24) is 16.0 Å². The third-order valence-corrected chi connectivity index (χ3v) is 4.66. The molecule has 0 aromatic carbocycles. The number of aliphatic carboxylic acids is 2. The molecule has 0 aliphatic rings. The number of carboxylic acid groups (broad SMARTS) is 2. The second-order valence-corrected chi connectivity index (χ2v) is 7.16. The highest BCUT2D eigenvalue weighted by atomic mass is 32.1. The van der Waals surface area contributed by atoms with E-state index in [1.54, 1.807) is 0 Å². The first kappa shape index (κ1) is 28.5. The van der Waals surface area contributed by atoms with Crippen molar-refractivity contribution in [2.24, 2.45) is 11.5 Å². The van der Waals surface area contributed by atoms with Crippen LogP contribution >= 0.6 is 25.3 Å². The van der Waals surface area contributed by atoms with Gasteiger partial charge in [-0.3, -0.25) is 24.0 Å². The first-order valence-corrected chi connectivity index (χ1v) is 10.3. The van der Waals surface area contributed by atoms with Gasteiger partial charge in [0, 0.05) is 24.3 Å². The molecule has 31 heavy (non-hydrogen) atoms. The van der Waals surface area contributed by atoms with E-state index in [0.717, 1.165) is 0 Å². The van der Waals surface area contributed by atoms with Crippen LogP contribution in [0.2, 0.25) is 0 Å². The number of carbonyl (C=O) groups is 6. The zero-order chi connectivity index (χ0) is 24.1. The number of hydrogen-bond donors (Lipinski definition) is 9. The molecular formula is C16H27N5O8S2. The maximum atomic E-state index is 12.4. The molecule has 15 heteroatoms. The fourth-order valence-electron chi connectivity index (χ4n) is 2.17. The van der Waals surface area contributed by atoms with Crippen molar-refractivity contribution >= 4 is 60.8 Å². The van der Waals surface area contributed by atoms with Crippen LogP contribution in [0.1, 0.15) is 25.7 Å². The van der Waals surface area contributed by atoms with Crippen LogP contribution in [0.25, 0.3) is 0 Å². The third-order valence-electron chi connectivity index (χ3n) is 3.93. The van der Waals surface area contributed by atoms with Crippen molar-refractivity contribution in [3.8, 4) is 0 Å². The molecule has 4 atom stereocenters. The lowest BCUT2D eigenvalue weighted by Gasteiger charge is -2.23. The van der Waals surface area contributed by atoms with Crippen LogP contribution in [-0.2, 0) is 28.8 Å². The van der Waals surface area contributed by atoms with E-state index in [4.69, 9.17) is 21.7 Å². The normalized spacial score (nSPS) is 14.4. The fourth-order valence-corrected chi connectivity index (χ4v) is 2.68. The van der Waals surface area contributed by atoms with E-state index in [1.165, 1.54) is 0 Å². The minimum atomic E-state index is -1.41. The summed E-state index contributed by atoms with van der Waals surface area (Å²) in [6.07, 6.45) is -1.00. The molecule has 176 valence electrons. The van der Waals surface area contributed by atoms with E-state index >= 15 is 0 Å². The Morgan fingerprint density at radius 2 is 1.19 bits per heavy atom. The molecule has 0 aliphatic heterocycles. The second kappa shape index (κ2) is 14.5. The zero-order valence-electron chi connectivity index (χ0n) is 16.4. The van der Waals surface area contributed by atoms with E-state index in [0.29, 0.717) is 0 Å². The van der Waals surface area contributed by atoms with Gasteiger partial charge in [0.05, 0.1) is 6.04 Å². The van der Waals surface area contributed by atoms with Crippen molar-refractivity contribution in [2.45, 2.75) is 49.9 Å². The smallest absolute Gasteiger partial charge is 0.326 e. The van der Waals surface area contributed by atoms with Gasteiger partial charge in [-0.25, -0.2) is 4.79 Å². The number of thiol groups is 2. The average molecular weight is 482 g/mol. The number of amides is 4. The largest absolute Gasteiger partial charge is 0.481 e. The Hall–Kier alpha value is -2.52. The summed E-state index contributed by atoms with van der Waals surface area (Å²) in [5, 5.41) is 24.6. The Bertz CT molecular complexity index is 693. The van der Waals surface area contributed by atoms with Gasteiger partial charge in [-0.1, -0.05) is 0 Å². The molecule has 0 aliphatic carbocycles. The molecule has 0 aromatic heterocycles. The van der Waals surface area contributed by atoms with Crippen LogP contribution in [0.5, 0.6) is 0 Å². The molecular weight excluding hydrogens is 454 g/mol. The van der Waals surface area contributed by atoms with Gasteiger partial charge in [-0.2, -0.15) is 25.3 Å². The Balaban J connectivity index is 4.97. The number of carboxylic acids is 2. The molecule has 4 unspecified atom stereocenters. The lowest BCUT2D eigenvalue weighted by Crippen LogP contribution is -2.58. The average Bonchev–Trinajstić information content (AvgIpc) is 2.70. The summed E-state index contributed by atoms with van der Waals surface area (Å²) in [5.41, 5.74) is 10.6. The van der Waals surface area contributed by atoms with E-state index < -0.39 is 59.7 Å². The van der Waals surface area contributed by atoms with E-state index in [9.17, 15) is 28.8 Å². The van der Waals surface area contributed by atoms with Gasteiger partial charge in [0.15, 0.2) is 0 Å². The van der Waals surface area contributed by atoms with Crippen molar-refractivity contribution in [3.63, 3.8) is 0 Å². The summed E-state index contributed by atoms with van der Waals surface area (Å²) in [7, 11) is 0. The second-order valence-electron chi connectivity index (χ2n) is 6.43. The van der Waals surface area contributed by atoms with E-state index in [-0.39, 0.29) is 37.2 Å². The topological polar surface area (TPSA) is 231 Å². The van der Waals surface area contributed by atoms with Crippen molar-refractivity contribution in [3.05, 3.63) is 0 Å². The molecule has 0 bridgehead atoms. The van der Waals surface area contributed by atoms with Gasteiger partial charge in [0.2, 0.25) is 23.6 Å². The van der Waals surface area contributed by atoms with Gasteiger partial charge in [-0.05, 0) is 12.8 Å². The summed E-state index contributed by atoms with van der Waals surface area (Å²) in [6.45, 7) is 0. The fraction of sp³-hybridized carbons (Fsp3) is 0.625. The SMILES string of the molecule is NC(=O)CCC(NC(=O)C(CS)NC(=O)C(CS)NC(=O)C(N)CCC(=O)O)C(=O)O. The van der Waals surface area contributed by atoms with Crippen LogP contribution in [0.4, 0.5) is 0 Å². The minimum Gasteiger partial charge on any atom is -0.481 e. The zero-order valence-corrected chi connectivity index (χ0v) is 18.2. The monoisotopic (exact) mass is 481 g/mol. The minimum absolute atomic E-state index is 0.147. The maximum Gasteiger partial charge on any atom is 0.326 e. The summed E-state index contributed by atoms with van der Waals surface area (Å²) < 4.78 is 0. The highest BCUT2D eigenvalue weighted by molar-refractivity contribution is 7.80. The van der Waals surface area contributed by atoms with Crippen LogP contribution in [0.3, 0.4) is 0 Å². The van der Waals surface area contributed by atoms with Gasteiger partial charge >= 0.3 is 11.9 Å². The number of nitrogens with two attached hydrogens (primary N) is 2. The molecule has 0 saturated carbocycles.